The van der Waals surface area contributed by atoms with E-state index in [1.807, 2.05) is 62.4 Å². The number of unbranched alkanes of at least 4 members (excludes halogenated alkanes) is 5. The van der Waals surface area contributed by atoms with E-state index in [2.05, 4.69) is 20.6 Å². The number of nitrogens with one attached hydrogen (secondary N) is 2. The largest absolute Gasteiger partial charge is 0.398 e. The second kappa shape index (κ2) is 13.8. The van der Waals surface area contributed by atoms with Crippen molar-refractivity contribution >= 4 is 68.8 Å². The van der Waals surface area contributed by atoms with Gasteiger partial charge in [-0.05, 0) is 75.2 Å². The summed E-state index contributed by atoms with van der Waals surface area (Å²) in [5.74, 6) is 0.00190. The van der Waals surface area contributed by atoms with E-state index in [4.69, 9.17) is 11.5 Å². The summed E-state index contributed by atoms with van der Waals surface area (Å²) < 4.78 is 0. The number of carbonyl (C=O) groups is 2. The highest BCUT2D eigenvalue weighted by Crippen LogP contribution is 2.25. The fourth-order valence-corrected chi connectivity index (χ4v) is 4.66. The fraction of sp³-hybridized carbons (Fsp3) is 0.333. The molecule has 0 fully saturated rings. The van der Waals surface area contributed by atoms with Crippen LogP contribution in [0.15, 0.2) is 48.5 Å². The number of carbonyl (C=O) groups excluding carboxylic acids is 2. The molecule has 9 heteroatoms. The molecule has 0 aliphatic rings. The van der Waals surface area contributed by atoms with Gasteiger partial charge < -0.3 is 22.1 Å². The van der Waals surface area contributed by atoms with E-state index in [9.17, 15) is 9.59 Å². The van der Waals surface area contributed by atoms with Gasteiger partial charge in [0.25, 0.3) is 0 Å². The highest BCUT2D eigenvalue weighted by molar-refractivity contribution is 5.98. The Balaban J connectivity index is 0.00000420. The summed E-state index contributed by atoms with van der Waals surface area (Å²) in [7, 11) is 0. The normalized spacial score (nSPS) is 10.8. The van der Waals surface area contributed by atoms with E-state index in [1.165, 1.54) is 0 Å². The zero-order chi connectivity index (χ0) is 27.1. The van der Waals surface area contributed by atoms with E-state index in [1.54, 1.807) is 0 Å². The molecule has 2 aromatic carbocycles. The highest BCUT2D eigenvalue weighted by atomic mass is 35.5. The van der Waals surface area contributed by atoms with Crippen LogP contribution in [0.1, 0.15) is 62.8 Å². The first-order chi connectivity index (χ1) is 18.3. The number of aryl methyl sites for hydroxylation is 2. The van der Waals surface area contributed by atoms with Crippen molar-refractivity contribution in [1.29, 1.82) is 0 Å². The van der Waals surface area contributed by atoms with Gasteiger partial charge in [0.2, 0.25) is 11.8 Å². The number of nitrogens with two attached hydrogens (primary N) is 2. The van der Waals surface area contributed by atoms with E-state index < -0.39 is 0 Å². The molecule has 0 unspecified atom stereocenters. The van der Waals surface area contributed by atoms with Crippen molar-refractivity contribution in [2.24, 2.45) is 0 Å². The third kappa shape index (κ3) is 8.29. The molecule has 0 saturated heterocycles. The van der Waals surface area contributed by atoms with E-state index in [0.29, 0.717) is 24.2 Å². The number of halogens is 1. The van der Waals surface area contributed by atoms with Crippen LogP contribution in [0, 0.1) is 13.8 Å². The lowest BCUT2D eigenvalue weighted by atomic mass is 10.1. The maximum Gasteiger partial charge on any atom is 0.224 e. The molecule has 0 atom stereocenters. The van der Waals surface area contributed by atoms with Gasteiger partial charge in [-0.15, -0.1) is 12.4 Å². The van der Waals surface area contributed by atoms with Gasteiger partial charge in [0, 0.05) is 57.8 Å². The maximum atomic E-state index is 12.3. The zero-order valence-corrected chi connectivity index (χ0v) is 23.4. The molecule has 0 aliphatic heterocycles. The van der Waals surface area contributed by atoms with Crippen LogP contribution in [0.3, 0.4) is 0 Å². The SMILES string of the molecule is Cc1cc(N)c2cc(NC(=O)CCCCCCCCC(=O)Nc3ccc4nc(C)cc(N)c4c3)ccc2n1.Cl. The van der Waals surface area contributed by atoms with Gasteiger partial charge in [-0.3, -0.25) is 19.6 Å². The molecular weight excluding hydrogens is 512 g/mol. The first kappa shape index (κ1) is 29.6. The molecule has 6 N–H and O–H groups in total. The molecular formula is C30H37ClN6O2. The van der Waals surface area contributed by atoms with Crippen LogP contribution < -0.4 is 22.1 Å². The molecule has 0 aliphatic carbocycles. The standard InChI is InChI=1S/C30H36N6O2.ClH/c1-19-15-25(31)23-17-21(11-13-27(23)33-19)35-29(37)9-7-5-3-4-6-8-10-30(38)36-22-12-14-28-24(18-22)26(32)16-20(2)34-28;/h11-18H,3-10H2,1-2H3,(H2,31,33)(H2,32,34)(H,35,37)(H,36,38);1H. The van der Waals surface area contributed by atoms with E-state index >= 15 is 0 Å². The Hall–Kier alpha value is -3.91. The van der Waals surface area contributed by atoms with Crippen LogP contribution in [0.4, 0.5) is 22.7 Å². The molecule has 2 amide bonds. The van der Waals surface area contributed by atoms with Gasteiger partial charge in [-0.1, -0.05) is 25.7 Å². The van der Waals surface area contributed by atoms with Crippen LogP contribution >= 0.6 is 12.4 Å². The summed E-state index contributed by atoms with van der Waals surface area (Å²) in [6, 6.07) is 14.9. The molecule has 206 valence electrons. The minimum Gasteiger partial charge on any atom is -0.398 e. The Bertz CT molecular complexity index is 1360. The number of benzene rings is 2. The lowest BCUT2D eigenvalue weighted by Gasteiger charge is -2.09. The van der Waals surface area contributed by atoms with Crippen molar-refractivity contribution in [3.63, 3.8) is 0 Å². The second-order valence-corrected chi connectivity index (χ2v) is 9.89. The average Bonchev–Trinajstić information content (AvgIpc) is 2.86. The van der Waals surface area contributed by atoms with Gasteiger partial charge in [-0.25, -0.2) is 0 Å². The number of hydrogen-bond acceptors (Lipinski definition) is 6. The van der Waals surface area contributed by atoms with Crippen LogP contribution in [0.5, 0.6) is 0 Å². The Morgan fingerprint density at radius 3 is 1.44 bits per heavy atom. The minimum absolute atomic E-state index is 0. The fourth-order valence-electron chi connectivity index (χ4n) is 4.66. The average molecular weight is 549 g/mol. The smallest absolute Gasteiger partial charge is 0.224 e. The monoisotopic (exact) mass is 548 g/mol. The predicted octanol–water partition coefficient (Wildman–Crippen LogP) is 6.68. The first-order valence-corrected chi connectivity index (χ1v) is 13.2. The van der Waals surface area contributed by atoms with Crippen LogP contribution in [-0.4, -0.2) is 21.8 Å². The Labute approximate surface area is 235 Å². The Kier molecular flexibility index (Phi) is 10.5. The number of hydrogen-bond donors (Lipinski definition) is 4. The third-order valence-electron chi connectivity index (χ3n) is 6.56. The number of aromatic nitrogens is 2. The summed E-state index contributed by atoms with van der Waals surface area (Å²) in [4.78, 5) is 33.6. The zero-order valence-electron chi connectivity index (χ0n) is 22.5. The van der Waals surface area contributed by atoms with Crippen molar-refractivity contribution < 1.29 is 9.59 Å². The molecule has 0 bridgehead atoms. The number of amides is 2. The number of pyridine rings is 2. The number of anilines is 4. The number of fused-ring (bicyclic) bond motifs is 2. The molecule has 0 saturated carbocycles. The summed E-state index contributed by atoms with van der Waals surface area (Å²) in [6.45, 7) is 3.82. The van der Waals surface area contributed by atoms with Crippen molar-refractivity contribution in [2.45, 2.75) is 65.2 Å². The first-order valence-electron chi connectivity index (χ1n) is 13.2. The van der Waals surface area contributed by atoms with Gasteiger partial charge >= 0.3 is 0 Å². The molecule has 0 spiro atoms. The van der Waals surface area contributed by atoms with E-state index in [0.717, 1.165) is 83.1 Å². The molecule has 4 aromatic rings. The summed E-state index contributed by atoms with van der Waals surface area (Å²) in [6.07, 6.45) is 6.69. The van der Waals surface area contributed by atoms with Crippen molar-refractivity contribution in [1.82, 2.24) is 9.97 Å². The molecule has 2 heterocycles. The summed E-state index contributed by atoms with van der Waals surface area (Å²) >= 11 is 0. The lowest BCUT2D eigenvalue weighted by molar-refractivity contribution is -0.117. The van der Waals surface area contributed by atoms with E-state index in [-0.39, 0.29) is 24.2 Å². The highest BCUT2D eigenvalue weighted by Gasteiger charge is 2.08. The second-order valence-electron chi connectivity index (χ2n) is 9.89. The number of nitrogens with zero attached hydrogens (tertiary/aromatic N) is 2. The van der Waals surface area contributed by atoms with Gasteiger partial charge in [0.05, 0.1) is 11.0 Å². The summed E-state index contributed by atoms with van der Waals surface area (Å²) in [5.41, 5.74) is 18.4. The van der Waals surface area contributed by atoms with Gasteiger partial charge in [0.15, 0.2) is 0 Å². The van der Waals surface area contributed by atoms with Gasteiger partial charge in [-0.2, -0.15) is 0 Å². The molecule has 39 heavy (non-hydrogen) atoms. The topological polar surface area (TPSA) is 136 Å². The molecule has 0 radical (unpaired) electrons. The number of nitrogen functional groups attached to an aromatic ring is 2. The van der Waals surface area contributed by atoms with Crippen molar-refractivity contribution in [2.75, 3.05) is 22.1 Å². The van der Waals surface area contributed by atoms with Crippen LogP contribution in [0.2, 0.25) is 0 Å². The molecule has 4 rings (SSSR count). The minimum atomic E-state index is 0. The lowest BCUT2D eigenvalue weighted by Crippen LogP contribution is -2.11. The quantitative estimate of drug-likeness (QED) is 0.154. The van der Waals surface area contributed by atoms with Gasteiger partial charge in [0.1, 0.15) is 0 Å². The Morgan fingerprint density at radius 2 is 1.03 bits per heavy atom. The predicted molar refractivity (Wildman–Crippen MR) is 163 cm³/mol. The van der Waals surface area contributed by atoms with Crippen molar-refractivity contribution in [3.05, 3.63) is 59.9 Å². The molecule has 8 nitrogen and oxygen atoms in total. The number of rotatable bonds is 11. The Morgan fingerprint density at radius 1 is 0.641 bits per heavy atom. The maximum absolute atomic E-state index is 12.3. The third-order valence-corrected chi connectivity index (χ3v) is 6.56. The van der Waals surface area contributed by atoms with Crippen molar-refractivity contribution in [3.8, 4) is 0 Å². The van der Waals surface area contributed by atoms with Crippen LogP contribution in [-0.2, 0) is 9.59 Å². The molecule has 2 aromatic heterocycles. The van der Waals surface area contributed by atoms with Crippen LogP contribution in [0.25, 0.3) is 21.8 Å². The summed E-state index contributed by atoms with van der Waals surface area (Å²) in [5, 5.41) is 7.60.